The van der Waals surface area contributed by atoms with Gasteiger partial charge in [0.2, 0.25) is 5.89 Å². The number of carbonyl (C=O) groups is 1. The second-order valence-electron chi connectivity index (χ2n) is 6.00. The van der Waals surface area contributed by atoms with Crippen LogP contribution >= 0.6 is 0 Å². The molecular weight excluding hydrogens is 366 g/mol. The Labute approximate surface area is 157 Å². The molecule has 6 nitrogen and oxygen atoms in total. The summed E-state index contributed by atoms with van der Waals surface area (Å²) in [5, 5.41) is 0. The van der Waals surface area contributed by atoms with Crippen molar-refractivity contribution in [2.24, 2.45) is 0 Å². The van der Waals surface area contributed by atoms with Crippen LogP contribution in [-0.4, -0.2) is 20.0 Å². The average molecular weight is 381 g/mol. The Morgan fingerprint density at radius 3 is 2.59 bits per heavy atom. The lowest BCUT2D eigenvalue weighted by atomic mass is 9.87. The maximum Gasteiger partial charge on any atom is 0.226 e. The number of fused-ring (bicyclic) bond motifs is 1. The van der Waals surface area contributed by atoms with Gasteiger partial charge in [-0.1, -0.05) is 42.5 Å². The van der Waals surface area contributed by atoms with E-state index >= 15 is 0 Å². The summed E-state index contributed by atoms with van der Waals surface area (Å²) in [4.78, 5) is 16.2. The summed E-state index contributed by atoms with van der Waals surface area (Å²) in [7, 11) is 0. The Morgan fingerprint density at radius 1 is 1.15 bits per heavy atom. The number of carbonyl (C=O) groups excluding carboxylic acids is 1. The fourth-order valence-corrected chi connectivity index (χ4v) is 3.61. The SMILES string of the molecule is O=CC1C(c2ncco2)=C(c2ccc(CS(=O)O)cc2)Oc2ccccc21. The molecule has 1 N–H and O–H groups in total. The van der Waals surface area contributed by atoms with Crippen molar-refractivity contribution in [2.45, 2.75) is 11.7 Å². The lowest BCUT2D eigenvalue weighted by molar-refractivity contribution is -0.108. The van der Waals surface area contributed by atoms with Gasteiger partial charge in [0.15, 0.2) is 11.1 Å². The molecule has 0 saturated carbocycles. The number of aldehydes is 1. The minimum atomic E-state index is -1.91. The standard InChI is InChI=1S/C20H15NO5S/c22-11-16-15-3-1-2-4-17(15)26-19(18(16)20-21-9-10-25-20)14-7-5-13(6-8-14)12-27(23)24/h1-11,16H,12H2,(H,23,24). The predicted octanol–water partition coefficient (Wildman–Crippen LogP) is 3.64. The predicted molar refractivity (Wildman–Crippen MR) is 100 cm³/mol. The third-order valence-corrected chi connectivity index (χ3v) is 4.91. The molecule has 0 bridgehead atoms. The number of benzene rings is 2. The normalized spacial score (nSPS) is 17.1. The maximum atomic E-state index is 12.0. The van der Waals surface area contributed by atoms with Crippen molar-refractivity contribution in [1.29, 1.82) is 0 Å². The minimum absolute atomic E-state index is 0.0482. The molecule has 2 heterocycles. The molecule has 1 aliphatic rings. The van der Waals surface area contributed by atoms with Crippen LogP contribution in [0.1, 0.15) is 28.5 Å². The zero-order chi connectivity index (χ0) is 18.8. The second-order valence-corrected chi connectivity index (χ2v) is 6.93. The van der Waals surface area contributed by atoms with E-state index in [1.165, 1.54) is 12.5 Å². The van der Waals surface area contributed by atoms with Crippen molar-refractivity contribution in [2.75, 3.05) is 0 Å². The van der Waals surface area contributed by atoms with Gasteiger partial charge in [0.05, 0.1) is 23.4 Å². The first-order valence-electron chi connectivity index (χ1n) is 8.20. The highest BCUT2D eigenvalue weighted by Crippen LogP contribution is 2.45. The Morgan fingerprint density at radius 2 is 1.93 bits per heavy atom. The van der Waals surface area contributed by atoms with E-state index in [2.05, 4.69) is 4.98 Å². The quantitative estimate of drug-likeness (QED) is 0.536. The molecule has 136 valence electrons. The van der Waals surface area contributed by atoms with Gasteiger partial charge in [-0.25, -0.2) is 9.19 Å². The van der Waals surface area contributed by atoms with Crippen LogP contribution in [0, 0.1) is 0 Å². The van der Waals surface area contributed by atoms with E-state index in [4.69, 9.17) is 13.7 Å². The number of hydrogen-bond acceptors (Lipinski definition) is 5. The van der Waals surface area contributed by atoms with E-state index < -0.39 is 17.0 Å². The summed E-state index contributed by atoms with van der Waals surface area (Å²) in [6.45, 7) is 0. The number of allylic oxidation sites excluding steroid dienone is 1. The van der Waals surface area contributed by atoms with Crippen LogP contribution in [0.25, 0.3) is 11.3 Å². The fourth-order valence-electron chi connectivity index (χ4n) is 3.13. The second kappa shape index (κ2) is 7.30. The van der Waals surface area contributed by atoms with E-state index in [0.29, 0.717) is 23.0 Å². The summed E-state index contributed by atoms with van der Waals surface area (Å²) >= 11 is -1.91. The molecule has 2 aromatic carbocycles. The van der Waals surface area contributed by atoms with Gasteiger partial charge >= 0.3 is 0 Å². The topological polar surface area (TPSA) is 89.6 Å². The molecule has 0 amide bonds. The Kier molecular flexibility index (Phi) is 4.70. The number of oxazole rings is 1. The molecule has 1 aliphatic heterocycles. The van der Waals surface area contributed by atoms with Crippen molar-refractivity contribution in [3.8, 4) is 5.75 Å². The molecule has 2 atom stereocenters. The van der Waals surface area contributed by atoms with Crippen molar-refractivity contribution < 1.29 is 22.7 Å². The van der Waals surface area contributed by atoms with Gasteiger partial charge in [-0.15, -0.1) is 0 Å². The summed E-state index contributed by atoms with van der Waals surface area (Å²) in [5.41, 5.74) is 2.74. The monoisotopic (exact) mass is 381 g/mol. The number of hydrogen-bond donors (Lipinski definition) is 1. The number of ether oxygens (including phenoxy) is 1. The van der Waals surface area contributed by atoms with Crippen molar-refractivity contribution in [3.63, 3.8) is 0 Å². The van der Waals surface area contributed by atoms with Crippen molar-refractivity contribution in [1.82, 2.24) is 4.98 Å². The van der Waals surface area contributed by atoms with Crippen molar-refractivity contribution >= 4 is 28.7 Å². The largest absolute Gasteiger partial charge is 0.456 e. The first-order valence-corrected chi connectivity index (χ1v) is 9.48. The first kappa shape index (κ1) is 17.4. The molecule has 0 fully saturated rings. The number of para-hydroxylation sites is 1. The third-order valence-electron chi connectivity index (χ3n) is 4.33. The molecule has 0 spiro atoms. The molecule has 0 aliphatic carbocycles. The molecular formula is C20H15NO5S. The van der Waals surface area contributed by atoms with Crippen molar-refractivity contribution in [3.05, 3.63) is 83.6 Å². The number of aromatic nitrogens is 1. The van der Waals surface area contributed by atoms with E-state index in [1.54, 1.807) is 30.3 Å². The average Bonchev–Trinajstić information content (AvgIpc) is 3.21. The fraction of sp³-hybridized carbons (Fsp3) is 0.100. The van der Waals surface area contributed by atoms with Gasteiger partial charge in [0.1, 0.15) is 24.1 Å². The van der Waals surface area contributed by atoms with Crippen LogP contribution in [-0.2, 0) is 21.6 Å². The summed E-state index contributed by atoms with van der Waals surface area (Å²) < 4.78 is 31.6. The van der Waals surface area contributed by atoms with Gasteiger partial charge in [-0.05, 0) is 11.6 Å². The van der Waals surface area contributed by atoms with Crippen LogP contribution in [0.4, 0.5) is 0 Å². The minimum Gasteiger partial charge on any atom is -0.456 e. The number of nitrogens with zero attached hydrogens (tertiary/aromatic N) is 1. The highest BCUT2D eigenvalue weighted by molar-refractivity contribution is 7.78. The smallest absolute Gasteiger partial charge is 0.226 e. The van der Waals surface area contributed by atoms with Gasteiger partial charge in [0, 0.05) is 11.1 Å². The molecule has 0 radical (unpaired) electrons. The Hall–Kier alpha value is -3.03. The Balaban J connectivity index is 1.86. The van der Waals surface area contributed by atoms with E-state index in [0.717, 1.165) is 23.0 Å². The zero-order valence-corrected chi connectivity index (χ0v) is 14.9. The van der Waals surface area contributed by atoms with Gasteiger partial charge in [-0.3, -0.25) is 0 Å². The zero-order valence-electron chi connectivity index (χ0n) is 14.1. The van der Waals surface area contributed by atoms with E-state index in [-0.39, 0.29) is 5.75 Å². The summed E-state index contributed by atoms with van der Waals surface area (Å²) in [6.07, 6.45) is 3.81. The highest BCUT2D eigenvalue weighted by atomic mass is 32.2. The summed E-state index contributed by atoms with van der Waals surface area (Å²) in [5.74, 6) is 0.864. The van der Waals surface area contributed by atoms with Gasteiger partial charge < -0.3 is 18.5 Å². The van der Waals surface area contributed by atoms with Crippen LogP contribution < -0.4 is 4.74 Å². The highest BCUT2D eigenvalue weighted by Gasteiger charge is 2.33. The summed E-state index contributed by atoms with van der Waals surface area (Å²) in [6, 6.07) is 14.4. The van der Waals surface area contributed by atoms with Crippen LogP contribution in [0.2, 0.25) is 0 Å². The molecule has 3 aromatic rings. The number of rotatable bonds is 5. The van der Waals surface area contributed by atoms with Crippen LogP contribution in [0.5, 0.6) is 5.75 Å². The van der Waals surface area contributed by atoms with E-state index in [1.807, 2.05) is 18.2 Å². The van der Waals surface area contributed by atoms with Gasteiger partial charge in [-0.2, -0.15) is 0 Å². The molecule has 0 saturated heterocycles. The molecule has 27 heavy (non-hydrogen) atoms. The molecule has 7 heteroatoms. The maximum absolute atomic E-state index is 12.0. The lowest BCUT2D eigenvalue weighted by Crippen LogP contribution is -2.16. The lowest BCUT2D eigenvalue weighted by Gasteiger charge is -2.26. The van der Waals surface area contributed by atoms with Crippen LogP contribution in [0.3, 0.4) is 0 Å². The van der Waals surface area contributed by atoms with Crippen LogP contribution in [0.15, 0.2) is 65.4 Å². The third kappa shape index (κ3) is 3.34. The van der Waals surface area contributed by atoms with Gasteiger partial charge in [0.25, 0.3) is 0 Å². The molecule has 1 aromatic heterocycles. The van der Waals surface area contributed by atoms with E-state index in [9.17, 15) is 9.00 Å². The Bertz CT molecular complexity index is 1020. The molecule has 2 unspecified atom stereocenters. The molecule has 4 rings (SSSR count). The first-order chi connectivity index (χ1) is 13.2.